The second-order valence-corrected chi connectivity index (χ2v) is 6.48. The Morgan fingerprint density at radius 2 is 2.05 bits per heavy atom. The van der Waals surface area contributed by atoms with Gasteiger partial charge in [-0.3, -0.25) is 9.59 Å². The highest BCUT2D eigenvalue weighted by Gasteiger charge is 2.44. The molecular weight excluding hydrogens is 286 g/mol. The van der Waals surface area contributed by atoms with Crippen molar-refractivity contribution < 1.29 is 24.2 Å². The first-order chi connectivity index (χ1) is 10.6. The number of ether oxygens (including phenoxy) is 2. The maximum atomic E-state index is 12.5. The van der Waals surface area contributed by atoms with Crippen LogP contribution in [-0.4, -0.2) is 50.5 Å². The number of hydrogen-bond donors (Lipinski definition) is 2. The van der Waals surface area contributed by atoms with E-state index in [4.69, 9.17) is 9.47 Å². The lowest BCUT2D eigenvalue weighted by Crippen LogP contribution is -2.49. The van der Waals surface area contributed by atoms with E-state index in [1.807, 2.05) is 0 Å². The van der Waals surface area contributed by atoms with Crippen LogP contribution in [0.1, 0.15) is 38.5 Å². The van der Waals surface area contributed by atoms with Gasteiger partial charge in [0.2, 0.25) is 5.91 Å². The van der Waals surface area contributed by atoms with Crippen LogP contribution in [0.3, 0.4) is 0 Å². The number of amides is 1. The van der Waals surface area contributed by atoms with Crippen LogP contribution in [-0.2, 0) is 19.1 Å². The third-order valence-electron chi connectivity index (χ3n) is 5.21. The van der Waals surface area contributed by atoms with Crippen LogP contribution >= 0.6 is 0 Å². The van der Waals surface area contributed by atoms with Crippen LogP contribution in [0.15, 0.2) is 0 Å². The molecular formula is C16H27NO5. The third kappa shape index (κ3) is 3.98. The van der Waals surface area contributed by atoms with Crippen molar-refractivity contribution in [2.75, 3.05) is 33.5 Å². The zero-order valence-corrected chi connectivity index (χ0v) is 13.3. The summed E-state index contributed by atoms with van der Waals surface area (Å²) < 4.78 is 10.4. The van der Waals surface area contributed by atoms with Gasteiger partial charge in [-0.15, -0.1) is 0 Å². The van der Waals surface area contributed by atoms with Crippen molar-refractivity contribution in [2.24, 2.45) is 17.3 Å². The summed E-state index contributed by atoms with van der Waals surface area (Å²) in [4.78, 5) is 24.0. The fraction of sp³-hybridized carbons (Fsp3) is 0.875. The quantitative estimate of drug-likeness (QED) is 0.708. The second-order valence-electron chi connectivity index (χ2n) is 6.48. The Bertz CT molecular complexity index is 388. The summed E-state index contributed by atoms with van der Waals surface area (Å²) in [7, 11) is 1.63. The number of carbonyl (C=O) groups excluding carboxylic acids is 1. The van der Waals surface area contributed by atoms with E-state index in [1.54, 1.807) is 7.11 Å². The minimum atomic E-state index is -0.827. The lowest BCUT2D eigenvalue weighted by atomic mass is 9.66. The molecule has 1 aliphatic carbocycles. The van der Waals surface area contributed by atoms with Gasteiger partial charge in [-0.25, -0.2) is 0 Å². The molecule has 1 saturated heterocycles. The Kier molecular flexibility index (Phi) is 6.20. The molecule has 1 atom stereocenters. The van der Waals surface area contributed by atoms with Crippen molar-refractivity contribution in [3.63, 3.8) is 0 Å². The second kappa shape index (κ2) is 7.92. The SMILES string of the molecule is COCCC1(C(=O)NCC(C(=O)O)C2CCOCC2)CCC1. The van der Waals surface area contributed by atoms with Crippen molar-refractivity contribution in [1.82, 2.24) is 5.32 Å². The summed E-state index contributed by atoms with van der Waals surface area (Å²) >= 11 is 0. The Morgan fingerprint density at radius 1 is 1.36 bits per heavy atom. The smallest absolute Gasteiger partial charge is 0.308 e. The van der Waals surface area contributed by atoms with Crippen molar-refractivity contribution in [3.05, 3.63) is 0 Å². The van der Waals surface area contributed by atoms with E-state index < -0.39 is 11.9 Å². The van der Waals surface area contributed by atoms with E-state index in [-0.39, 0.29) is 23.8 Å². The molecule has 1 aliphatic heterocycles. The van der Waals surface area contributed by atoms with Gasteiger partial charge in [0.25, 0.3) is 0 Å². The number of carboxylic acid groups (broad SMARTS) is 1. The van der Waals surface area contributed by atoms with E-state index in [1.165, 1.54) is 0 Å². The molecule has 1 heterocycles. The first-order valence-corrected chi connectivity index (χ1v) is 8.17. The predicted molar refractivity (Wildman–Crippen MR) is 80.5 cm³/mol. The molecule has 6 heteroatoms. The molecule has 2 fully saturated rings. The lowest BCUT2D eigenvalue weighted by molar-refractivity contribution is -0.145. The molecule has 126 valence electrons. The molecule has 2 aliphatic rings. The normalized spacial score (nSPS) is 22.6. The number of methoxy groups -OCH3 is 1. The van der Waals surface area contributed by atoms with Gasteiger partial charge in [-0.2, -0.15) is 0 Å². The van der Waals surface area contributed by atoms with Crippen LogP contribution in [0.4, 0.5) is 0 Å². The first kappa shape index (κ1) is 17.2. The van der Waals surface area contributed by atoms with Crippen molar-refractivity contribution in [3.8, 4) is 0 Å². The maximum absolute atomic E-state index is 12.5. The fourth-order valence-electron chi connectivity index (χ4n) is 3.46. The monoisotopic (exact) mass is 313 g/mol. The first-order valence-electron chi connectivity index (χ1n) is 8.17. The average molecular weight is 313 g/mol. The summed E-state index contributed by atoms with van der Waals surface area (Å²) in [5.74, 6) is -1.27. The van der Waals surface area contributed by atoms with Gasteiger partial charge in [0.05, 0.1) is 11.3 Å². The zero-order chi connectivity index (χ0) is 16.0. The molecule has 0 aromatic rings. The number of carbonyl (C=O) groups is 2. The van der Waals surface area contributed by atoms with Gasteiger partial charge in [-0.05, 0) is 38.0 Å². The van der Waals surface area contributed by atoms with E-state index in [0.717, 1.165) is 32.1 Å². The molecule has 0 radical (unpaired) electrons. The van der Waals surface area contributed by atoms with E-state index in [2.05, 4.69) is 5.32 Å². The molecule has 22 heavy (non-hydrogen) atoms. The van der Waals surface area contributed by atoms with Crippen LogP contribution < -0.4 is 5.32 Å². The summed E-state index contributed by atoms with van der Waals surface area (Å²) in [6, 6.07) is 0. The standard InChI is InChI=1S/C16H27NO5/c1-21-10-7-16(5-2-6-16)15(20)17-11-13(14(18)19)12-3-8-22-9-4-12/h12-13H,2-11H2,1H3,(H,17,20)(H,18,19). The number of hydrogen-bond acceptors (Lipinski definition) is 4. The molecule has 1 unspecified atom stereocenters. The Hall–Kier alpha value is -1.14. The Labute approximate surface area is 131 Å². The van der Waals surface area contributed by atoms with Crippen LogP contribution in [0.2, 0.25) is 0 Å². The Morgan fingerprint density at radius 3 is 2.55 bits per heavy atom. The minimum absolute atomic E-state index is 0.00545. The van der Waals surface area contributed by atoms with Crippen LogP contribution in [0, 0.1) is 17.3 Å². The van der Waals surface area contributed by atoms with Gasteiger partial charge in [0.15, 0.2) is 0 Å². The highest BCUT2D eigenvalue weighted by molar-refractivity contribution is 5.84. The van der Waals surface area contributed by atoms with Gasteiger partial charge < -0.3 is 19.9 Å². The van der Waals surface area contributed by atoms with E-state index in [0.29, 0.717) is 26.2 Å². The molecule has 2 N–H and O–H groups in total. The minimum Gasteiger partial charge on any atom is -0.481 e. The molecule has 0 aromatic heterocycles. The van der Waals surface area contributed by atoms with Crippen molar-refractivity contribution >= 4 is 11.9 Å². The molecule has 0 spiro atoms. The molecule has 0 bridgehead atoms. The van der Waals surface area contributed by atoms with E-state index in [9.17, 15) is 14.7 Å². The summed E-state index contributed by atoms with van der Waals surface area (Å²) in [6.07, 6.45) is 5.02. The summed E-state index contributed by atoms with van der Waals surface area (Å²) in [6.45, 7) is 2.00. The molecule has 6 nitrogen and oxygen atoms in total. The molecule has 1 amide bonds. The van der Waals surface area contributed by atoms with Crippen molar-refractivity contribution in [1.29, 1.82) is 0 Å². The number of carboxylic acids is 1. The highest BCUT2D eigenvalue weighted by atomic mass is 16.5. The highest BCUT2D eigenvalue weighted by Crippen LogP contribution is 2.44. The third-order valence-corrected chi connectivity index (χ3v) is 5.21. The number of nitrogens with one attached hydrogen (secondary N) is 1. The molecule has 0 aromatic carbocycles. The summed E-state index contributed by atoms with van der Waals surface area (Å²) in [5.41, 5.74) is -0.339. The van der Waals surface area contributed by atoms with Gasteiger partial charge in [0, 0.05) is 33.5 Å². The van der Waals surface area contributed by atoms with Crippen LogP contribution in [0.5, 0.6) is 0 Å². The largest absolute Gasteiger partial charge is 0.481 e. The molecule has 2 rings (SSSR count). The predicted octanol–water partition coefficient (Wildman–Crippen LogP) is 1.44. The Balaban J connectivity index is 1.88. The van der Waals surface area contributed by atoms with Gasteiger partial charge >= 0.3 is 5.97 Å². The number of rotatable bonds is 8. The zero-order valence-electron chi connectivity index (χ0n) is 13.3. The van der Waals surface area contributed by atoms with Gasteiger partial charge in [0.1, 0.15) is 0 Å². The van der Waals surface area contributed by atoms with E-state index >= 15 is 0 Å². The van der Waals surface area contributed by atoms with Crippen LogP contribution in [0.25, 0.3) is 0 Å². The maximum Gasteiger partial charge on any atom is 0.308 e. The topological polar surface area (TPSA) is 84.9 Å². The molecule has 1 saturated carbocycles. The summed E-state index contributed by atoms with van der Waals surface area (Å²) in [5, 5.41) is 12.3. The van der Waals surface area contributed by atoms with Gasteiger partial charge in [-0.1, -0.05) is 6.42 Å². The number of aliphatic carboxylic acids is 1. The lowest BCUT2D eigenvalue weighted by Gasteiger charge is -2.40. The fourth-order valence-corrected chi connectivity index (χ4v) is 3.46. The average Bonchev–Trinajstić information content (AvgIpc) is 2.47. The van der Waals surface area contributed by atoms with Crippen molar-refractivity contribution in [2.45, 2.75) is 38.5 Å².